The van der Waals surface area contributed by atoms with Crippen molar-refractivity contribution in [1.29, 1.82) is 5.26 Å². The van der Waals surface area contributed by atoms with Crippen LogP contribution in [-0.2, 0) is 18.2 Å². The van der Waals surface area contributed by atoms with Crippen LogP contribution in [0.3, 0.4) is 0 Å². The van der Waals surface area contributed by atoms with Gasteiger partial charge in [-0.2, -0.15) is 5.26 Å². The molecule has 1 fully saturated rings. The first-order valence-electron chi connectivity index (χ1n) is 13.0. The maximum Gasteiger partial charge on any atom is 0.330 e. The standard InChI is InChI=1S/C25H45N4O6PSi/c1-11-19-21(34-36(32-16-12-14-26)29(17(2)3)18(4)5)22(35-37(9,10)25(6,7)8)23(33-19)28-15-13-20(30)27-24(28)31/h13,15,17-19,21-23H,11-12,16H2,1-10H3,(H,27,30,31)/t19-,21?,22+,23-,36?/m1/s1. The summed E-state index contributed by atoms with van der Waals surface area (Å²) < 4.78 is 29.8. The number of hydrogen-bond acceptors (Lipinski definition) is 8. The number of nitriles is 1. The SMILES string of the molecule is CC[C@H]1O[C@@H](n2ccc(=O)[nH]c2=O)[C@@H](O[Si](C)(C)C(C)(C)C)C1OP(OCCC#N)N(C(C)C)C(C)C. The molecule has 0 radical (unpaired) electrons. The molecule has 1 N–H and O–H groups in total. The molecule has 0 bridgehead atoms. The monoisotopic (exact) mass is 556 g/mol. The fourth-order valence-corrected chi connectivity index (χ4v) is 7.11. The highest BCUT2D eigenvalue weighted by Gasteiger charge is 2.52. The summed E-state index contributed by atoms with van der Waals surface area (Å²) in [6.07, 6.45) is 0.0335. The summed E-state index contributed by atoms with van der Waals surface area (Å²) in [5.74, 6) is 0. The van der Waals surface area contributed by atoms with Crippen LogP contribution in [0.1, 0.15) is 74.5 Å². The molecule has 0 spiro atoms. The second-order valence-corrected chi connectivity index (χ2v) is 17.6. The van der Waals surface area contributed by atoms with Gasteiger partial charge in [0.25, 0.3) is 14.1 Å². The molecule has 5 atom stereocenters. The van der Waals surface area contributed by atoms with Crippen molar-refractivity contribution in [2.75, 3.05) is 6.61 Å². The van der Waals surface area contributed by atoms with Gasteiger partial charge in [-0.1, -0.05) is 27.7 Å². The number of ether oxygens (including phenoxy) is 1. The third-order valence-electron chi connectivity index (χ3n) is 6.92. The van der Waals surface area contributed by atoms with Crippen molar-refractivity contribution in [2.24, 2.45) is 0 Å². The second kappa shape index (κ2) is 13.1. The third kappa shape index (κ3) is 7.82. The zero-order valence-electron chi connectivity index (χ0n) is 24.0. The Morgan fingerprint density at radius 1 is 1.22 bits per heavy atom. The molecule has 1 aromatic rings. The summed E-state index contributed by atoms with van der Waals surface area (Å²) in [4.78, 5) is 26.9. The number of aromatic amines is 1. The lowest BCUT2D eigenvalue weighted by Gasteiger charge is -2.42. The van der Waals surface area contributed by atoms with Gasteiger partial charge in [-0.25, -0.2) is 9.46 Å². The largest absolute Gasteiger partial charge is 0.407 e. The average Bonchev–Trinajstić information content (AvgIpc) is 3.09. The van der Waals surface area contributed by atoms with Gasteiger partial charge in [-0.05, 0) is 52.2 Å². The molecule has 210 valence electrons. The van der Waals surface area contributed by atoms with E-state index in [-0.39, 0.29) is 36.3 Å². The van der Waals surface area contributed by atoms with Crippen LogP contribution < -0.4 is 11.2 Å². The zero-order chi connectivity index (χ0) is 28.1. The molecule has 2 unspecified atom stereocenters. The average molecular weight is 557 g/mol. The lowest BCUT2D eigenvalue weighted by Crippen LogP contribution is -2.50. The number of aromatic nitrogens is 2. The summed E-state index contributed by atoms with van der Waals surface area (Å²) in [7, 11) is -3.91. The molecule has 1 aliphatic heterocycles. The van der Waals surface area contributed by atoms with Gasteiger partial charge in [0, 0.05) is 24.3 Å². The summed E-state index contributed by atoms with van der Waals surface area (Å²) in [5, 5.41) is 8.98. The van der Waals surface area contributed by atoms with Crippen molar-refractivity contribution in [1.82, 2.24) is 14.2 Å². The Balaban J connectivity index is 2.58. The van der Waals surface area contributed by atoms with Crippen LogP contribution in [0, 0.1) is 11.3 Å². The number of nitrogens with zero attached hydrogens (tertiary/aromatic N) is 3. The van der Waals surface area contributed by atoms with E-state index >= 15 is 0 Å². The van der Waals surface area contributed by atoms with E-state index in [9.17, 15) is 9.59 Å². The Morgan fingerprint density at radius 3 is 2.32 bits per heavy atom. The highest BCUT2D eigenvalue weighted by Crippen LogP contribution is 2.51. The number of nitrogens with one attached hydrogen (secondary N) is 1. The Morgan fingerprint density at radius 2 is 1.84 bits per heavy atom. The Labute approximate surface area is 223 Å². The molecule has 1 aliphatic rings. The summed E-state index contributed by atoms with van der Waals surface area (Å²) >= 11 is 0. The molecule has 37 heavy (non-hydrogen) atoms. The molecule has 2 rings (SSSR count). The van der Waals surface area contributed by atoms with Gasteiger partial charge in [0.2, 0.25) is 0 Å². The van der Waals surface area contributed by atoms with Gasteiger partial charge in [0.15, 0.2) is 14.5 Å². The minimum absolute atomic E-state index is 0.0989. The molecule has 0 saturated carbocycles. The van der Waals surface area contributed by atoms with Crippen LogP contribution in [0.25, 0.3) is 0 Å². The van der Waals surface area contributed by atoms with E-state index in [4.69, 9.17) is 23.5 Å². The number of hydrogen-bond donors (Lipinski definition) is 1. The second-order valence-electron chi connectivity index (χ2n) is 11.5. The minimum Gasteiger partial charge on any atom is -0.407 e. The van der Waals surface area contributed by atoms with Crippen molar-refractivity contribution in [3.63, 3.8) is 0 Å². The quantitative estimate of drug-likeness (QED) is 0.219. The first-order chi connectivity index (χ1) is 17.1. The van der Waals surface area contributed by atoms with E-state index in [2.05, 4.69) is 77.3 Å². The summed E-state index contributed by atoms with van der Waals surface area (Å²) in [6.45, 7) is 21.3. The van der Waals surface area contributed by atoms with Crippen LogP contribution in [0.5, 0.6) is 0 Å². The maximum atomic E-state index is 12.8. The van der Waals surface area contributed by atoms with Gasteiger partial charge in [-0.3, -0.25) is 14.3 Å². The summed E-state index contributed by atoms with van der Waals surface area (Å²) in [5.41, 5.74) is -1.03. The van der Waals surface area contributed by atoms with E-state index in [1.165, 1.54) is 16.8 Å². The summed E-state index contributed by atoms with van der Waals surface area (Å²) in [6, 6.07) is 3.70. The number of rotatable bonds is 12. The highest BCUT2D eigenvalue weighted by molar-refractivity contribution is 7.44. The highest BCUT2D eigenvalue weighted by atomic mass is 31.2. The van der Waals surface area contributed by atoms with Gasteiger partial charge < -0.3 is 18.2 Å². The molecule has 1 saturated heterocycles. The molecule has 1 aromatic heterocycles. The first-order valence-corrected chi connectivity index (χ1v) is 17.1. The molecule has 0 amide bonds. The first kappa shape index (κ1) is 31.8. The van der Waals surface area contributed by atoms with Crippen molar-refractivity contribution >= 4 is 16.8 Å². The van der Waals surface area contributed by atoms with Crippen LogP contribution in [0.2, 0.25) is 18.1 Å². The van der Waals surface area contributed by atoms with E-state index < -0.39 is 46.5 Å². The van der Waals surface area contributed by atoms with Gasteiger partial charge in [0.1, 0.15) is 12.2 Å². The van der Waals surface area contributed by atoms with Gasteiger partial charge >= 0.3 is 5.69 Å². The van der Waals surface area contributed by atoms with Crippen molar-refractivity contribution in [3.05, 3.63) is 33.1 Å². The zero-order valence-corrected chi connectivity index (χ0v) is 25.9. The molecule has 0 aliphatic carbocycles. The molecule has 2 heterocycles. The molecular weight excluding hydrogens is 511 g/mol. The predicted molar refractivity (Wildman–Crippen MR) is 148 cm³/mol. The van der Waals surface area contributed by atoms with Gasteiger partial charge in [-0.15, -0.1) is 0 Å². The van der Waals surface area contributed by atoms with E-state index in [1.54, 1.807) is 0 Å². The van der Waals surface area contributed by atoms with Crippen LogP contribution >= 0.6 is 8.53 Å². The van der Waals surface area contributed by atoms with Gasteiger partial charge in [0.05, 0.1) is 25.2 Å². The molecule has 10 nitrogen and oxygen atoms in total. The van der Waals surface area contributed by atoms with E-state index in [0.717, 1.165) is 0 Å². The van der Waals surface area contributed by atoms with Crippen LogP contribution in [-0.4, -0.2) is 59.5 Å². The topological polar surface area (TPSA) is 119 Å². The third-order valence-corrected chi connectivity index (χ3v) is 13.5. The molecule has 0 aromatic carbocycles. The maximum absolute atomic E-state index is 12.8. The van der Waals surface area contributed by atoms with Crippen molar-refractivity contribution < 1.29 is 18.2 Å². The lowest BCUT2D eigenvalue weighted by atomic mass is 10.1. The van der Waals surface area contributed by atoms with E-state index in [1.807, 2.05) is 6.92 Å². The Bertz CT molecular complexity index is 1020. The smallest absolute Gasteiger partial charge is 0.330 e. The van der Waals surface area contributed by atoms with E-state index in [0.29, 0.717) is 6.42 Å². The fraction of sp³-hybridized carbons (Fsp3) is 0.800. The Kier molecular flexibility index (Phi) is 11.3. The fourth-order valence-electron chi connectivity index (χ4n) is 4.06. The van der Waals surface area contributed by atoms with Crippen molar-refractivity contribution in [2.45, 2.75) is 123 Å². The molecule has 12 heteroatoms. The number of H-pyrrole nitrogens is 1. The van der Waals surface area contributed by atoms with Crippen molar-refractivity contribution in [3.8, 4) is 6.07 Å². The predicted octanol–water partition coefficient (Wildman–Crippen LogP) is 4.90. The van der Waals surface area contributed by atoms with Crippen LogP contribution in [0.15, 0.2) is 21.9 Å². The lowest BCUT2D eigenvalue weighted by molar-refractivity contribution is -0.0373. The Hall–Kier alpha value is -1.38. The minimum atomic E-state index is -2.35. The normalized spacial score (nSPS) is 23.7. The molecular formula is C25H45N4O6PSi. The van der Waals surface area contributed by atoms with Crippen LogP contribution in [0.4, 0.5) is 0 Å².